The molecule has 0 bridgehead atoms. The molecule has 34 heavy (non-hydrogen) atoms. The third kappa shape index (κ3) is 4.96. The summed E-state index contributed by atoms with van der Waals surface area (Å²) in [6, 6.07) is 17.7. The number of halogens is 1. The smallest absolute Gasteiger partial charge is 0.208 e. The summed E-state index contributed by atoms with van der Waals surface area (Å²) in [5, 5.41) is 6.84. The summed E-state index contributed by atoms with van der Waals surface area (Å²) >= 11 is 3.46. The average Bonchev–Trinajstić information content (AvgIpc) is 3.15. The van der Waals surface area contributed by atoms with Gasteiger partial charge in [0.2, 0.25) is 5.95 Å². The SMILES string of the molecule is Cn1c(Nc2ccc(Br)cc2)nc2cc(Oc3ccnc(C4CN(CC=O)CCN4)c3)ccc21. The molecule has 1 aliphatic heterocycles. The molecule has 1 aliphatic rings. The van der Waals surface area contributed by atoms with E-state index >= 15 is 0 Å². The highest BCUT2D eigenvalue weighted by atomic mass is 79.9. The maximum absolute atomic E-state index is 10.9. The molecule has 8 nitrogen and oxygen atoms in total. The molecular weight excluding hydrogens is 496 g/mol. The van der Waals surface area contributed by atoms with Crippen LogP contribution in [0.15, 0.2) is 65.3 Å². The number of carbonyl (C=O) groups is 1. The lowest BCUT2D eigenvalue weighted by Gasteiger charge is -2.32. The highest BCUT2D eigenvalue weighted by Crippen LogP contribution is 2.29. The summed E-state index contributed by atoms with van der Waals surface area (Å²) in [6.45, 7) is 2.85. The highest BCUT2D eigenvalue weighted by Gasteiger charge is 2.21. The number of aryl methyl sites for hydroxylation is 1. The van der Waals surface area contributed by atoms with Gasteiger partial charge >= 0.3 is 0 Å². The minimum Gasteiger partial charge on any atom is -0.457 e. The number of aldehydes is 1. The lowest BCUT2D eigenvalue weighted by atomic mass is 10.1. The standard InChI is InChI=1S/C25H25BrN6O2/c1-31-24-7-6-19(15-22(24)30-25(31)29-18-4-2-17(26)3-5-18)34-20-8-9-27-21(14-20)23-16-32(12-13-33)11-10-28-23/h2-9,13-15,23,28H,10-12,16H2,1H3,(H,29,30). The Kier molecular flexibility index (Phi) is 6.57. The van der Waals surface area contributed by atoms with Gasteiger partial charge in [0.15, 0.2) is 0 Å². The van der Waals surface area contributed by atoms with Crippen molar-refractivity contribution in [3.8, 4) is 11.5 Å². The van der Waals surface area contributed by atoms with E-state index in [9.17, 15) is 4.79 Å². The van der Waals surface area contributed by atoms with Crippen molar-refractivity contribution >= 4 is 44.9 Å². The van der Waals surface area contributed by atoms with Gasteiger partial charge < -0.3 is 24.7 Å². The van der Waals surface area contributed by atoms with E-state index in [-0.39, 0.29) is 6.04 Å². The molecule has 1 saturated heterocycles. The minimum atomic E-state index is 0.0581. The molecule has 5 rings (SSSR count). The molecule has 0 spiro atoms. The van der Waals surface area contributed by atoms with Gasteiger partial charge in [0.25, 0.3) is 0 Å². The second-order valence-corrected chi connectivity index (χ2v) is 9.14. The molecule has 174 valence electrons. The molecule has 4 aromatic rings. The first-order chi connectivity index (χ1) is 16.6. The number of benzene rings is 2. The topological polar surface area (TPSA) is 84.3 Å². The zero-order valence-corrected chi connectivity index (χ0v) is 20.3. The van der Waals surface area contributed by atoms with E-state index in [0.29, 0.717) is 18.0 Å². The predicted octanol–water partition coefficient (Wildman–Crippen LogP) is 4.41. The summed E-state index contributed by atoms with van der Waals surface area (Å²) in [5.41, 5.74) is 3.70. The van der Waals surface area contributed by atoms with Crippen molar-refractivity contribution in [1.82, 2.24) is 24.8 Å². The number of hydrogen-bond donors (Lipinski definition) is 2. The van der Waals surface area contributed by atoms with Crippen LogP contribution in [0.25, 0.3) is 11.0 Å². The molecule has 1 unspecified atom stereocenters. The first-order valence-corrected chi connectivity index (χ1v) is 11.9. The van der Waals surface area contributed by atoms with Crippen LogP contribution in [0.4, 0.5) is 11.6 Å². The second-order valence-electron chi connectivity index (χ2n) is 8.23. The van der Waals surface area contributed by atoms with E-state index in [1.165, 1.54) is 0 Å². The Hall–Kier alpha value is -3.27. The van der Waals surface area contributed by atoms with E-state index in [4.69, 9.17) is 9.72 Å². The molecule has 0 saturated carbocycles. The van der Waals surface area contributed by atoms with E-state index in [2.05, 4.69) is 36.4 Å². The molecule has 0 aliphatic carbocycles. The van der Waals surface area contributed by atoms with Crippen molar-refractivity contribution in [2.24, 2.45) is 7.05 Å². The summed E-state index contributed by atoms with van der Waals surface area (Å²) in [6.07, 6.45) is 2.70. The van der Waals surface area contributed by atoms with Crippen LogP contribution < -0.4 is 15.4 Å². The first-order valence-electron chi connectivity index (χ1n) is 11.1. The molecule has 0 radical (unpaired) electrons. The van der Waals surface area contributed by atoms with Gasteiger partial charge in [-0.1, -0.05) is 15.9 Å². The fourth-order valence-corrected chi connectivity index (χ4v) is 4.38. The Morgan fingerprint density at radius 3 is 2.82 bits per heavy atom. The first kappa shape index (κ1) is 22.5. The number of fused-ring (bicyclic) bond motifs is 1. The molecule has 1 atom stereocenters. The fourth-order valence-electron chi connectivity index (χ4n) is 4.12. The lowest BCUT2D eigenvalue weighted by Crippen LogP contribution is -2.46. The Morgan fingerprint density at radius 2 is 2.00 bits per heavy atom. The number of anilines is 2. The predicted molar refractivity (Wildman–Crippen MR) is 136 cm³/mol. The van der Waals surface area contributed by atoms with Gasteiger partial charge in [0, 0.05) is 55.2 Å². The second kappa shape index (κ2) is 9.92. The van der Waals surface area contributed by atoms with Gasteiger partial charge in [-0.3, -0.25) is 9.88 Å². The molecular formula is C25H25BrN6O2. The number of aromatic nitrogens is 3. The zero-order valence-electron chi connectivity index (χ0n) is 18.7. The number of nitrogens with zero attached hydrogens (tertiary/aromatic N) is 4. The number of ether oxygens (including phenoxy) is 1. The van der Waals surface area contributed by atoms with Crippen LogP contribution in [0.2, 0.25) is 0 Å². The Balaban J connectivity index is 1.33. The summed E-state index contributed by atoms with van der Waals surface area (Å²) < 4.78 is 9.21. The molecule has 2 aromatic carbocycles. The van der Waals surface area contributed by atoms with Crippen molar-refractivity contribution in [2.45, 2.75) is 6.04 Å². The van der Waals surface area contributed by atoms with Crippen molar-refractivity contribution in [3.05, 3.63) is 71.0 Å². The number of hydrogen-bond acceptors (Lipinski definition) is 7. The van der Waals surface area contributed by atoms with Gasteiger partial charge in [-0.2, -0.15) is 0 Å². The van der Waals surface area contributed by atoms with Crippen LogP contribution in [0.1, 0.15) is 11.7 Å². The van der Waals surface area contributed by atoms with E-state index in [0.717, 1.165) is 58.8 Å². The number of carbonyl (C=O) groups excluding carboxylic acids is 1. The van der Waals surface area contributed by atoms with Crippen molar-refractivity contribution < 1.29 is 9.53 Å². The Morgan fingerprint density at radius 1 is 1.18 bits per heavy atom. The maximum atomic E-state index is 10.9. The Labute approximate surface area is 206 Å². The quantitative estimate of drug-likeness (QED) is 0.349. The maximum Gasteiger partial charge on any atom is 0.208 e. The fraction of sp³-hybridized carbons (Fsp3) is 0.240. The summed E-state index contributed by atoms with van der Waals surface area (Å²) in [4.78, 5) is 22.3. The van der Waals surface area contributed by atoms with Gasteiger partial charge in [-0.05, 0) is 42.5 Å². The number of piperazine rings is 1. The molecule has 2 N–H and O–H groups in total. The summed E-state index contributed by atoms with van der Waals surface area (Å²) in [7, 11) is 1.98. The van der Waals surface area contributed by atoms with Crippen molar-refractivity contribution in [2.75, 3.05) is 31.5 Å². The number of imidazole rings is 1. The molecule has 2 aromatic heterocycles. The third-order valence-electron chi connectivity index (χ3n) is 5.89. The monoisotopic (exact) mass is 520 g/mol. The van der Waals surface area contributed by atoms with Crippen LogP contribution in [0.3, 0.4) is 0 Å². The summed E-state index contributed by atoms with van der Waals surface area (Å²) in [5.74, 6) is 2.17. The van der Waals surface area contributed by atoms with Crippen LogP contribution in [0, 0.1) is 0 Å². The zero-order chi connectivity index (χ0) is 23.5. The van der Waals surface area contributed by atoms with Gasteiger partial charge in [-0.25, -0.2) is 4.98 Å². The van der Waals surface area contributed by atoms with E-state index in [1.807, 2.05) is 66.2 Å². The Bertz CT molecular complexity index is 1310. The number of rotatable bonds is 7. The largest absolute Gasteiger partial charge is 0.457 e. The van der Waals surface area contributed by atoms with Crippen LogP contribution in [0.5, 0.6) is 11.5 Å². The van der Waals surface area contributed by atoms with E-state index < -0.39 is 0 Å². The van der Waals surface area contributed by atoms with Crippen LogP contribution in [-0.2, 0) is 11.8 Å². The lowest BCUT2D eigenvalue weighted by molar-refractivity contribution is -0.109. The molecule has 9 heteroatoms. The van der Waals surface area contributed by atoms with Gasteiger partial charge in [0.05, 0.1) is 29.3 Å². The number of nitrogens with one attached hydrogen (secondary N) is 2. The molecule has 3 heterocycles. The minimum absolute atomic E-state index is 0.0581. The van der Waals surface area contributed by atoms with E-state index in [1.54, 1.807) is 6.20 Å². The van der Waals surface area contributed by atoms with Gasteiger partial charge in [-0.15, -0.1) is 0 Å². The molecule has 1 fully saturated rings. The average molecular weight is 521 g/mol. The molecule has 0 amide bonds. The highest BCUT2D eigenvalue weighted by molar-refractivity contribution is 9.10. The third-order valence-corrected chi connectivity index (χ3v) is 6.42. The van der Waals surface area contributed by atoms with Crippen LogP contribution >= 0.6 is 15.9 Å². The van der Waals surface area contributed by atoms with Gasteiger partial charge in [0.1, 0.15) is 17.8 Å². The van der Waals surface area contributed by atoms with Crippen molar-refractivity contribution in [3.63, 3.8) is 0 Å². The van der Waals surface area contributed by atoms with Crippen molar-refractivity contribution in [1.29, 1.82) is 0 Å². The number of pyridine rings is 1. The normalized spacial score (nSPS) is 16.5. The van der Waals surface area contributed by atoms with Crippen LogP contribution in [-0.4, -0.2) is 51.9 Å².